The Morgan fingerprint density at radius 1 is 1.21 bits per heavy atom. The van der Waals surface area contributed by atoms with Gasteiger partial charge in [-0.15, -0.1) is 21.5 Å². The first-order chi connectivity index (χ1) is 11.6. The van der Waals surface area contributed by atoms with Crippen LogP contribution < -0.4 is 5.32 Å². The van der Waals surface area contributed by atoms with E-state index in [0.717, 1.165) is 17.0 Å². The molecule has 0 aliphatic heterocycles. The third kappa shape index (κ3) is 4.53. The molecule has 0 spiro atoms. The number of anilines is 1. The first-order valence-corrected chi connectivity index (χ1v) is 9.29. The zero-order valence-corrected chi connectivity index (χ0v) is 15.1. The maximum atomic E-state index is 11.9. The Kier molecular flexibility index (Phi) is 5.44. The molecule has 3 rings (SSSR count). The number of amides is 1. The van der Waals surface area contributed by atoms with Gasteiger partial charge in [-0.1, -0.05) is 35.5 Å². The Morgan fingerprint density at radius 3 is 2.62 bits per heavy atom. The summed E-state index contributed by atoms with van der Waals surface area (Å²) in [4.78, 5) is 16.1. The van der Waals surface area contributed by atoms with Crippen molar-refractivity contribution in [3.8, 4) is 11.3 Å². The molecule has 3 aromatic rings. The SMILES string of the molecule is Cc1csc(NC(=O)CSc2ccc(-c3ccc(Cl)cc3)nn2)n1. The van der Waals surface area contributed by atoms with Gasteiger partial charge < -0.3 is 5.32 Å². The molecule has 1 aromatic carbocycles. The molecule has 0 radical (unpaired) electrons. The molecule has 8 heteroatoms. The highest BCUT2D eigenvalue weighted by atomic mass is 35.5. The fourth-order valence-electron chi connectivity index (χ4n) is 1.88. The fourth-order valence-corrected chi connectivity index (χ4v) is 3.32. The molecule has 0 saturated carbocycles. The van der Waals surface area contributed by atoms with E-state index < -0.39 is 0 Å². The number of rotatable bonds is 5. The van der Waals surface area contributed by atoms with Crippen LogP contribution in [0.25, 0.3) is 11.3 Å². The first-order valence-electron chi connectivity index (χ1n) is 7.04. The molecule has 5 nitrogen and oxygen atoms in total. The number of benzene rings is 1. The molecular weight excluding hydrogens is 364 g/mol. The number of nitrogens with one attached hydrogen (secondary N) is 1. The molecule has 0 aliphatic carbocycles. The molecule has 2 aromatic heterocycles. The molecule has 2 heterocycles. The summed E-state index contributed by atoms with van der Waals surface area (Å²) < 4.78 is 0. The quantitative estimate of drug-likeness (QED) is 0.672. The fraction of sp³-hybridized carbons (Fsp3) is 0.125. The predicted octanol–water partition coefficient (Wildman–Crippen LogP) is 4.29. The summed E-state index contributed by atoms with van der Waals surface area (Å²) in [6.45, 7) is 1.89. The largest absolute Gasteiger partial charge is 0.301 e. The van der Waals surface area contributed by atoms with Gasteiger partial charge in [0.25, 0.3) is 0 Å². The summed E-state index contributed by atoms with van der Waals surface area (Å²) in [7, 11) is 0. The number of halogens is 1. The van der Waals surface area contributed by atoms with Crippen LogP contribution in [-0.2, 0) is 4.79 Å². The van der Waals surface area contributed by atoms with E-state index in [1.54, 1.807) is 0 Å². The minimum Gasteiger partial charge on any atom is -0.301 e. The summed E-state index contributed by atoms with van der Waals surface area (Å²) >= 11 is 8.62. The van der Waals surface area contributed by atoms with Gasteiger partial charge in [0, 0.05) is 16.0 Å². The molecule has 0 aliphatic rings. The van der Waals surface area contributed by atoms with Crippen molar-refractivity contribution in [3.63, 3.8) is 0 Å². The van der Waals surface area contributed by atoms with E-state index in [9.17, 15) is 4.79 Å². The number of thioether (sulfide) groups is 1. The number of nitrogens with zero attached hydrogens (tertiary/aromatic N) is 3. The molecule has 0 atom stereocenters. The van der Waals surface area contributed by atoms with Crippen LogP contribution in [0.4, 0.5) is 5.13 Å². The number of aromatic nitrogens is 3. The van der Waals surface area contributed by atoms with Crippen molar-refractivity contribution in [1.29, 1.82) is 0 Å². The van der Waals surface area contributed by atoms with Crippen molar-refractivity contribution in [2.45, 2.75) is 11.9 Å². The second kappa shape index (κ2) is 7.74. The lowest BCUT2D eigenvalue weighted by Gasteiger charge is -2.03. The Bertz CT molecular complexity index is 834. The van der Waals surface area contributed by atoms with Crippen molar-refractivity contribution in [1.82, 2.24) is 15.2 Å². The van der Waals surface area contributed by atoms with Crippen molar-refractivity contribution in [3.05, 3.63) is 52.5 Å². The van der Waals surface area contributed by atoms with Gasteiger partial charge in [-0.05, 0) is 31.2 Å². The maximum absolute atomic E-state index is 11.9. The van der Waals surface area contributed by atoms with Crippen LogP contribution in [0.3, 0.4) is 0 Å². The van der Waals surface area contributed by atoms with E-state index in [2.05, 4.69) is 20.5 Å². The van der Waals surface area contributed by atoms with Gasteiger partial charge in [0.2, 0.25) is 5.91 Å². The van der Waals surface area contributed by atoms with Gasteiger partial charge in [0.15, 0.2) is 5.13 Å². The topological polar surface area (TPSA) is 67.8 Å². The summed E-state index contributed by atoms with van der Waals surface area (Å²) in [6.07, 6.45) is 0. The first kappa shape index (κ1) is 16.9. The van der Waals surface area contributed by atoms with E-state index in [1.807, 2.05) is 48.7 Å². The van der Waals surface area contributed by atoms with E-state index in [1.165, 1.54) is 23.1 Å². The van der Waals surface area contributed by atoms with Crippen LogP contribution in [0.1, 0.15) is 5.69 Å². The van der Waals surface area contributed by atoms with Crippen molar-refractivity contribution >= 4 is 45.7 Å². The summed E-state index contributed by atoms with van der Waals surface area (Å²) in [6, 6.07) is 11.1. The monoisotopic (exact) mass is 376 g/mol. The average Bonchev–Trinajstić information content (AvgIpc) is 2.99. The molecule has 24 heavy (non-hydrogen) atoms. The van der Waals surface area contributed by atoms with Gasteiger partial charge >= 0.3 is 0 Å². The van der Waals surface area contributed by atoms with E-state index in [4.69, 9.17) is 11.6 Å². The summed E-state index contributed by atoms with van der Waals surface area (Å²) in [5.74, 6) is 0.145. The lowest BCUT2D eigenvalue weighted by Crippen LogP contribution is -2.14. The highest BCUT2D eigenvalue weighted by Gasteiger charge is 2.08. The molecule has 1 amide bonds. The molecule has 0 fully saturated rings. The second-order valence-electron chi connectivity index (χ2n) is 4.89. The van der Waals surface area contributed by atoms with Gasteiger partial charge in [0.1, 0.15) is 5.03 Å². The van der Waals surface area contributed by atoms with Gasteiger partial charge in [-0.2, -0.15) is 0 Å². The molecule has 0 saturated heterocycles. The number of carbonyl (C=O) groups excluding carboxylic acids is 1. The van der Waals surface area contributed by atoms with Crippen LogP contribution in [0.2, 0.25) is 5.02 Å². The Morgan fingerprint density at radius 2 is 2.00 bits per heavy atom. The van der Waals surface area contributed by atoms with Crippen molar-refractivity contribution in [2.24, 2.45) is 0 Å². The zero-order valence-electron chi connectivity index (χ0n) is 12.7. The van der Waals surface area contributed by atoms with Crippen LogP contribution in [0, 0.1) is 6.92 Å². The highest BCUT2D eigenvalue weighted by molar-refractivity contribution is 7.99. The smallest absolute Gasteiger partial charge is 0.236 e. The van der Waals surface area contributed by atoms with E-state index >= 15 is 0 Å². The van der Waals surface area contributed by atoms with Gasteiger partial charge in [-0.3, -0.25) is 4.79 Å². The van der Waals surface area contributed by atoms with Gasteiger partial charge in [-0.25, -0.2) is 4.98 Å². The standard InChI is InChI=1S/C16H13ClN4OS2/c1-10-8-24-16(18-10)19-14(22)9-23-15-7-6-13(20-21-15)11-2-4-12(17)5-3-11/h2-8H,9H2,1H3,(H,18,19,22). The zero-order chi connectivity index (χ0) is 16.9. The van der Waals surface area contributed by atoms with Crippen LogP contribution in [0.15, 0.2) is 46.8 Å². The molecular formula is C16H13ClN4OS2. The van der Waals surface area contributed by atoms with Gasteiger partial charge in [0.05, 0.1) is 17.1 Å². The van der Waals surface area contributed by atoms with Crippen LogP contribution >= 0.6 is 34.7 Å². The number of aryl methyl sites for hydroxylation is 1. The molecule has 122 valence electrons. The molecule has 0 unspecified atom stereocenters. The number of hydrogen-bond acceptors (Lipinski definition) is 6. The Balaban J connectivity index is 1.56. The third-order valence-electron chi connectivity index (χ3n) is 3.00. The van der Waals surface area contributed by atoms with Crippen LogP contribution in [0.5, 0.6) is 0 Å². The minimum atomic E-state index is -0.113. The predicted molar refractivity (Wildman–Crippen MR) is 98.7 cm³/mol. The normalized spacial score (nSPS) is 10.6. The van der Waals surface area contributed by atoms with E-state index in [0.29, 0.717) is 15.2 Å². The lowest BCUT2D eigenvalue weighted by molar-refractivity contribution is -0.113. The molecule has 0 bridgehead atoms. The minimum absolute atomic E-state index is 0.113. The number of hydrogen-bond donors (Lipinski definition) is 1. The summed E-state index contributed by atoms with van der Waals surface area (Å²) in [5.41, 5.74) is 2.60. The average molecular weight is 377 g/mol. The third-order valence-corrected chi connectivity index (χ3v) is 5.04. The number of thiazole rings is 1. The second-order valence-corrected chi connectivity index (χ2v) is 7.18. The highest BCUT2D eigenvalue weighted by Crippen LogP contribution is 2.22. The van der Waals surface area contributed by atoms with E-state index in [-0.39, 0.29) is 11.7 Å². The van der Waals surface area contributed by atoms with Crippen LogP contribution in [-0.4, -0.2) is 26.8 Å². The Labute approximate surface area is 152 Å². The van der Waals surface area contributed by atoms with Crippen molar-refractivity contribution in [2.75, 3.05) is 11.1 Å². The number of carbonyl (C=O) groups is 1. The molecule has 1 N–H and O–H groups in total. The Hall–Kier alpha value is -1.96. The summed E-state index contributed by atoms with van der Waals surface area (Å²) in [5, 5.41) is 15.0. The lowest BCUT2D eigenvalue weighted by atomic mass is 10.1. The van der Waals surface area contributed by atoms with Crippen molar-refractivity contribution < 1.29 is 4.79 Å². The maximum Gasteiger partial charge on any atom is 0.236 e.